The number of aromatic nitrogens is 2. The average Bonchev–Trinajstić information content (AvgIpc) is 2.16. The summed E-state index contributed by atoms with van der Waals surface area (Å²) in [6.45, 7) is 1.79. The van der Waals surface area contributed by atoms with Gasteiger partial charge in [-0.3, -0.25) is 5.10 Å². The number of rotatable bonds is 1. The zero-order valence-corrected chi connectivity index (χ0v) is 8.10. The van der Waals surface area contributed by atoms with E-state index >= 15 is 0 Å². The van der Waals surface area contributed by atoms with Crippen molar-refractivity contribution in [1.82, 2.24) is 10.2 Å². The molecule has 68 valence electrons. The Morgan fingerprint density at radius 1 is 1.58 bits per heavy atom. The Bertz CT molecular complexity index is 372. The third kappa shape index (κ3) is 1.97. The third-order valence-corrected chi connectivity index (χ3v) is 1.88. The minimum atomic E-state index is -2.16. The molecule has 1 aromatic heterocycles. The number of aromatic amines is 1. The molecule has 0 saturated heterocycles. The minimum Gasteiger partial charge on any atom is -0.380 e. The van der Waals surface area contributed by atoms with Gasteiger partial charge in [-0.05, 0) is 6.92 Å². The lowest BCUT2D eigenvalue weighted by Crippen LogP contribution is -1.91. The van der Waals surface area contributed by atoms with Crippen LogP contribution < -0.4 is 5.73 Å². The Hall–Kier alpha value is -1.04. The predicted molar refractivity (Wildman–Crippen MR) is 49.8 cm³/mol. The topological polar surface area (TPSA) is 84.1 Å². The van der Waals surface area contributed by atoms with Gasteiger partial charge in [-0.15, -0.1) is 0 Å². The van der Waals surface area contributed by atoms with Crippen molar-refractivity contribution in [2.24, 2.45) is 4.36 Å². The fraction of sp³-hybridized carbons (Fsp3) is 0.500. The molecule has 6 heteroatoms. The van der Waals surface area contributed by atoms with Gasteiger partial charge in [0, 0.05) is 22.2 Å². The Morgan fingerprint density at radius 3 is 2.50 bits per heavy atom. The molecular formula is C6H12N4OS. The van der Waals surface area contributed by atoms with E-state index in [2.05, 4.69) is 14.6 Å². The van der Waals surface area contributed by atoms with Crippen LogP contribution in [-0.4, -0.2) is 26.9 Å². The molecule has 0 aliphatic rings. The molecule has 0 unspecified atom stereocenters. The molecule has 1 rings (SSSR count). The highest BCUT2D eigenvalue weighted by Crippen LogP contribution is 2.23. The second-order valence-corrected chi connectivity index (χ2v) is 5.40. The smallest absolute Gasteiger partial charge is 0.172 e. The maximum Gasteiger partial charge on any atom is 0.172 e. The quantitative estimate of drug-likeness (QED) is 0.679. The molecule has 0 atom stereocenters. The van der Waals surface area contributed by atoms with E-state index in [4.69, 9.17) is 5.73 Å². The van der Waals surface area contributed by atoms with E-state index in [1.807, 2.05) is 0 Å². The van der Waals surface area contributed by atoms with Gasteiger partial charge < -0.3 is 5.73 Å². The van der Waals surface area contributed by atoms with Crippen molar-refractivity contribution in [3.8, 4) is 0 Å². The standard InChI is InChI=1S/C6H12N4OS/c1-4-5(6(7)9-8-4)10-12(2,3)11/h1-3H3,(H3,7,8,9). The summed E-state index contributed by atoms with van der Waals surface area (Å²) in [6.07, 6.45) is 3.11. The van der Waals surface area contributed by atoms with Crippen LogP contribution in [0.1, 0.15) is 5.69 Å². The molecule has 0 aliphatic heterocycles. The van der Waals surface area contributed by atoms with E-state index in [9.17, 15) is 4.21 Å². The first kappa shape index (κ1) is 9.05. The van der Waals surface area contributed by atoms with E-state index < -0.39 is 9.73 Å². The van der Waals surface area contributed by atoms with Crippen molar-refractivity contribution in [1.29, 1.82) is 0 Å². The fourth-order valence-corrected chi connectivity index (χ4v) is 1.45. The summed E-state index contributed by atoms with van der Waals surface area (Å²) in [5, 5.41) is 6.40. The minimum absolute atomic E-state index is 0.295. The van der Waals surface area contributed by atoms with Crippen LogP contribution >= 0.6 is 0 Å². The Kier molecular flexibility index (Phi) is 2.10. The Labute approximate surface area is 71.5 Å². The fourth-order valence-electron chi connectivity index (χ4n) is 0.777. The number of nitrogens with one attached hydrogen (secondary N) is 1. The van der Waals surface area contributed by atoms with Crippen molar-refractivity contribution >= 4 is 21.2 Å². The summed E-state index contributed by atoms with van der Waals surface area (Å²) < 4.78 is 15.3. The van der Waals surface area contributed by atoms with Crippen LogP contribution in [0.4, 0.5) is 11.5 Å². The largest absolute Gasteiger partial charge is 0.380 e. The van der Waals surface area contributed by atoms with Gasteiger partial charge in [-0.2, -0.15) is 9.46 Å². The van der Waals surface area contributed by atoms with E-state index in [0.29, 0.717) is 11.5 Å². The highest BCUT2D eigenvalue weighted by Gasteiger charge is 2.06. The molecule has 3 N–H and O–H groups in total. The molecule has 1 aromatic rings. The van der Waals surface area contributed by atoms with Crippen molar-refractivity contribution in [2.75, 3.05) is 18.2 Å². The lowest BCUT2D eigenvalue weighted by atomic mass is 10.4. The van der Waals surface area contributed by atoms with Gasteiger partial charge in [0.05, 0.1) is 5.69 Å². The van der Waals surface area contributed by atoms with Crippen molar-refractivity contribution in [3.05, 3.63) is 5.69 Å². The van der Waals surface area contributed by atoms with Gasteiger partial charge in [0.2, 0.25) is 0 Å². The van der Waals surface area contributed by atoms with Gasteiger partial charge in [-0.25, -0.2) is 4.21 Å². The predicted octanol–water partition coefficient (Wildman–Crippen LogP) is 0.659. The van der Waals surface area contributed by atoms with E-state index in [0.717, 1.165) is 5.69 Å². The third-order valence-electron chi connectivity index (χ3n) is 1.25. The number of hydrogen-bond acceptors (Lipinski definition) is 4. The number of anilines is 1. The Balaban J connectivity index is 3.30. The lowest BCUT2D eigenvalue weighted by molar-refractivity contribution is 0.684. The molecular weight excluding hydrogens is 176 g/mol. The van der Waals surface area contributed by atoms with Crippen LogP contribution in [0, 0.1) is 6.92 Å². The lowest BCUT2D eigenvalue weighted by Gasteiger charge is -1.94. The molecule has 12 heavy (non-hydrogen) atoms. The molecule has 0 spiro atoms. The average molecular weight is 188 g/mol. The maximum absolute atomic E-state index is 11.3. The first-order valence-corrected chi connectivity index (χ1v) is 5.71. The van der Waals surface area contributed by atoms with Crippen LogP contribution in [0.3, 0.4) is 0 Å². The zero-order valence-electron chi connectivity index (χ0n) is 7.29. The highest BCUT2D eigenvalue weighted by molar-refractivity contribution is 7.92. The number of nitrogens with zero attached hydrogens (tertiary/aromatic N) is 2. The Morgan fingerprint density at radius 2 is 2.17 bits per heavy atom. The number of H-pyrrole nitrogens is 1. The molecule has 0 bridgehead atoms. The van der Waals surface area contributed by atoms with Crippen LogP contribution in [0.25, 0.3) is 0 Å². The molecule has 5 nitrogen and oxygen atoms in total. The molecule has 0 fully saturated rings. The molecule has 0 aliphatic carbocycles. The van der Waals surface area contributed by atoms with Gasteiger partial charge in [-0.1, -0.05) is 0 Å². The number of nitrogens with two attached hydrogens (primary N) is 1. The van der Waals surface area contributed by atoms with E-state index in [-0.39, 0.29) is 0 Å². The van der Waals surface area contributed by atoms with Crippen molar-refractivity contribution in [2.45, 2.75) is 6.92 Å². The SMILES string of the molecule is Cc1[nH]nc(N)c1N=S(C)(C)=O. The van der Waals surface area contributed by atoms with Gasteiger partial charge in [0.15, 0.2) is 5.82 Å². The zero-order chi connectivity index (χ0) is 9.35. The van der Waals surface area contributed by atoms with Gasteiger partial charge in [0.25, 0.3) is 0 Å². The first-order valence-electron chi connectivity index (χ1n) is 3.38. The van der Waals surface area contributed by atoms with E-state index in [1.54, 1.807) is 19.4 Å². The molecule has 0 aromatic carbocycles. The van der Waals surface area contributed by atoms with Crippen LogP contribution in [0.5, 0.6) is 0 Å². The summed E-state index contributed by atoms with van der Waals surface area (Å²) in [7, 11) is -2.16. The normalized spacial score (nSPS) is 11.6. The first-order chi connectivity index (χ1) is 5.40. The summed E-state index contributed by atoms with van der Waals surface area (Å²) >= 11 is 0. The highest BCUT2D eigenvalue weighted by atomic mass is 32.2. The van der Waals surface area contributed by atoms with Crippen LogP contribution in [-0.2, 0) is 9.73 Å². The summed E-state index contributed by atoms with van der Waals surface area (Å²) in [4.78, 5) is 0. The van der Waals surface area contributed by atoms with Crippen LogP contribution in [0.15, 0.2) is 4.36 Å². The summed E-state index contributed by atoms with van der Waals surface area (Å²) in [6, 6.07) is 0. The maximum atomic E-state index is 11.3. The van der Waals surface area contributed by atoms with Crippen molar-refractivity contribution < 1.29 is 4.21 Å². The van der Waals surface area contributed by atoms with Crippen LogP contribution in [0.2, 0.25) is 0 Å². The number of aryl methyl sites for hydroxylation is 1. The molecule has 0 radical (unpaired) electrons. The molecule has 1 heterocycles. The van der Waals surface area contributed by atoms with E-state index in [1.165, 1.54) is 0 Å². The van der Waals surface area contributed by atoms with Gasteiger partial charge >= 0.3 is 0 Å². The second kappa shape index (κ2) is 2.78. The summed E-state index contributed by atoms with van der Waals surface area (Å²) in [5.74, 6) is 0.295. The number of nitrogen functional groups attached to an aromatic ring is 1. The summed E-state index contributed by atoms with van der Waals surface area (Å²) in [5.41, 5.74) is 6.73. The van der Waals surface area contributed by atoms with Crippen molar-refractivity contribution in [3.63, 3.8) is 0 Å². The molecule has 0 amide bonds. The number of hydrogen-bond donors (Lipinski definition) is 2. The monoisotopic (exact) mass is 188 g/mol. The molecule has 0 saturated carbocycles. The van der Waals surface area contributed by atoms with Gasteiger partial charge in [0.1, 0.15) is 5.69 Å². The second-order valence-electron chi connectivity index (χ2n) is 2.86.